The summed E-state index contributed by atoms with van der Waals surface area (Å²) in [4.78, 5) is 4.16. The average Bonchev–Trinajstić information content (AvgIpc) is 2.56. The van der Waals surface area contributed by atoms with Gasteiger partial charge in [-0.1, -0.05) is 24.3 Å². The van der Waals surface area contributed by atoms with Crippen molar-refractivity contribution >= 4 is 0 Å². The zero-order valence-electron chi connectivity index (χ0n) is 14.7. The van der Waals surface area contributed by atoms with Gasteiger partial charge in [-0.2, -0.15) is 0 Å². The van der Waals surface area contributed by atoms with Crippen LogP contribution in [0, 0.1) is 0 Å². The minimum atomic E-state index is -0.100. The minimum Gasteiger partial charge on any atom is -0.504 e. The Morgan fingerprint density at radius 2 is 1.08 bits per heavy atom. The van der Waals surface area contributed by atoms with E-state index in [-0.39, 0.29) is 23.0 Å². The molecule has 0 saturated heterocycles. The van der Waals surface area contributed by atoms with Crippen LogP contribution >= 0.6 is 0 Å². The van der Waals surface area contributed by atoms with Crippen LogP contribution in [0.15, 0.2) is 36.4 Å². The summed E-state index contributed by atoms with van der Waals surface area (Å²) in [6, 6.07) is 9.95. The molecular weight excluding hydrogens is 320 g/mol. The number of para-hydroxylation sites is 2. The van der Waals surface area contributed by atoms with Crippen LogP contribution in [0.25, 0.3) is 0 Å². The second-order valence-corrected chi connectivity index (χ2v) is 6.40. The van der Waals surface area contributed by atoms with Crippen molar-refractivity contribution in [2.75, 3.05) is 27.2 Å². The molecule has 0 heterocycles. The third-order valence-electron chi connectivity index (χ3n) is 4.16. The molecule has 2 aromatic carbocycles. The lowest BCUT2D eigenvalue weighted by molar-refractivity contribution is 0.265. The number of phenolic OH excluding ortho intramolecular Hbond substituents is 4. The fraction of sp³-hybridized carbons (Fsp3) is 0.368. The van der Waals surface area contributed by atoms with Crippen molar-refractivity contribution in [2.45, 2.75) is 19.5 Å². The van der Waals surface area contributed by atoms with Gasteiger partial charge in [0.2, 0.25) is 0 Å². The molecule has 0 radical (unpaired) electrons. The molecule has 6 heteroatoms. The highest BCUT2D eigenvalue weighted by Gasteiger charge is 2.10. The fourth-order valence-corrected chi connectivity index (χ4v) is 2.76. The van der Waals surface area contributed by atoms with E-state index in [1.807, 2.05) is 14.1 Å². The molecule has 0 bridgehead atoms. The van der Waals surface area contributed by atoms with Gasteiger partial charge in [0.1, 0.15) is 0 Å². The third-order valence-corrected chi connectivity index (χ3v) is 4.16. The van der Waals surface area contributed by atoms with Crippen molar-refractivity contribution in [3.63, 3.8) is 0 Å². The van der Waals surface area contributed by atoms with Gasteiger partial charge in [0.15, 0.2) is 23.0 Å². The van der Waals surface area contributed by atoms with Gasteiger partial charge in [-0.15, -0.1) is 0 Å². The first kappa shape index (κ1) is 18.9. The predicted octanol–water partition coefficient (Wildman–Crippen LogP) is 2.46. The zero-order valence-corrected chi connectivity index (χ0v) is 14.7. The second kappa shape index (κ2) is 8.60. The van der Waals surface area contributed by atoms with Gasteiger partial charge in [0, 0.05) is 24.2 Å². The second-order valence-electron chi connectivity index (χ2n) is 6.40. The van der Waals surface area contributed by atoms with Gasteiger partial charge >= 0.3 is 0 Å². The molecule has 2 aromatic rings. The lowest BCUT2D eigenvalue weighted by Crippen LogP contribution is -2.25. The van der Waals surface area contributed by atoms with Gasteiger partial charge in [-0.05, 0) is 45.7 Å². The molecule has 0 aliphatic heterocycles. The van der Waals surface area contributed by atoms with E-state index in [0.29, 0.717) is 24.2 Å². The Morgan fingerprint density at radius 1 is 0.680 bits per heavy atom. The van der Waals surface area contributed by atoms with E-state index in [0.717, 1.165) is 19.5 Å². The van der Waals surface area contributed by atoms with Crippen molar-refractivity contribution in [2.24, 2.45) is 0 Å². The normalized spacial score (nSPS) is 11.4. The first-order chi connectivity index (χ1) is 11.9. The monoisotopic (exact) mass is 346 g/mol. The molecule has 6 nitrogen and oxygen atoms in total. The lowest BCUT2D eigenvalue weighted by atomic mass is 10.1. The average molecular weight is 346 g/mol. The summed E-state index contributed by atoms with van der Waals surface area (Å²) in [5.41, 5.74) is 1.39. The molecule has 4 N–H and O–H groups in total. The highest BCUT2D eigenvalue weighted by atomic mass is 16.3. The molecule has 0 spiro atoms. The van der Waals surface area contributed by atoms with Crippen molar-refractivity contribution in [1.29, 1.82) is 0 Å². The molecule has 0 aromatic heterocycles. The van der Waals surface area contributed by atoms with Gasteiger partial charge in [0.25, 0.3) is 0 Å². The summed E-state index contributed by atoms with van der Waals surface area (Å²) in [6.07, 6.45) is 0.909. The van der Waals surface area contributed by atoms with Gasteiger partial charge in [0.05, 0.1) is 0 Å². The Bertz CT molecular complexity index is 646. The standard InChI is InChI=1S/C19H26N2O4/c1-20(12-14-6-3-8-16(22)18(14)24)10-5-11-21(2)13-15-7-4-9-17(23)19(15)25/h3-4,6-9,22-25H,5,10-13H2,1-2H3. The van der Waals surface area contributed by atoms with E-state index in [4.69, 9.17) is 0 Å². The van der Waals surface area contributed by atoms with E-state index in [1.54, 1.807) is 24.3 Å². The number of phenols is 4. The molecular formula is C19H26N2O4. The van der Waals surface area contributed by atoms with Gasteiger partial charge < -0.3 is 30.2 Å². The fourth-order valence-electron chi connectivity index (χ4n) is 2.76. The molecule has 0 saturated carbocycles. The van der Waals surface area contributed by atoms with E-state index >= 15 is 0 Å². The predicted molar refractivity (Wildman–Crippen MR) is 96.8 cm³/mol. The first-order valence-corrected chi connectivity index (χ1v) is 8.25. The number of aromatic hydroxyl groups is 4. The Balaban J connectivity index is 1.77. The molecule has 0 atom stereocenters. The minimum absolute atomic E-state index is 0.0640. The van der Waals surface area contributed by atoms with Crippen LogP contribution in [-0.4, -0.2) is 57.4 Å². The van der Waals surface area contributed by atoms with Crippen LogP contribution in [0.4, 0.5) is 0 Å². The number of rotatable bonds is 8. The van der Waals surface area contributed by atoms with Gasteiger partial charge in [-0.25, -0.2) is 0 Å². The van der Waals surface area contributed by atoms with Crippen molar-refractivity contribution in [3.8, 4) is 23.0 Å². The van der Waals surface area contributed by atoms with Crippen LogP contribution in [0.3, 0.4) is 0 Å². The topological polar surface area (TPSA) is 87.4 Å². The molecule has 0 fully saturated rings. The third kappa shape index (κ3) is 5.27. The van der Waals surface area contributed by atoms with Crippen LogP contribution in [-0.2, 0) is 13.1 Å². The maximum Gasteiger partial charge on any atom is 0.161 e. The maximum atomic E-state index is 9.84. The summed E-state index contributed by atoms with van der Waals surface area (Å²) in [5, 5.41) is 38.7. The molecule has 0 aliphatic rings. The highest BCUT2D eigenvalue weighted by Crippen LogP contribution is 2.29. The summed E-state index contributed by atoms with van der Waals surface area (Å²) in [5.74, 6) is -0.329. The summed E-state index contributed by atoms with van der Waals surface area (Å²) >= 11 is 0. The molecule has 0 aliphatic carbocycles. The van der Waals surface area contributed by atoms with Crippen LogP contribution in [0.5, 0.6) is 23.0 Å². The number of benzene rings is 2. The molecule has 0 unspecified atom stereocenters. The number of hydrogen-bond acceptors (Lipinski definition) is 6. The SMILES string of the molecule is CN(CCCN(C)Cc1cccc(O)c1O)Cc1cccc(O)c1O. The van der Waals surface area contributed by atoms with Crippen molar-refractivity contribution in [3.05, 3.63) is 47.5 Å². The summed E-state index contributed by atoms with van der Waals surface area (Å²) in [7, 11) is 3.93. The molecule has 25 heavy (non-hydrogen) atoms. The van der Waals surface area contributed by atoms with Gasteiger partial charge in [-0.3, -0.25) is 0 Å². The maximum absolute atomic E-state index is 9.84. The van der Waals surface area contributed by atoms with Crippen LogP contribution in [0.1, 0.15) is 17.5 Å². The Morgan fingerprint density at radius 3 is 1.48 bits per heavy atom. The van der Waals surface area contributed by atoms with E-state index in [9.17, 15) is 20.4 Å². The Labute approximate surface area is 148 Å². The lowest BCUT2D eigenvalue weighted by Gasteiger charge is -2.21. The Hall–Kier alpha value is -2.44. The summed E-state index contributed by atoms with van der Waals surface area (Å²) < 4.78 is 0. The van der Waals surface area contributed by atoms with Crippen LogP contribution < -0.4 is 0 Å². The van der Waals surface area contributed by atoms with E-state index in [2.05, 4.69) is 9.80 Å². The Kier molecular flexibility index (Phi) is 6.50. The smallest absolute Gasteiger partial charge is 0.161 e. The van der Waals surface area contributed by atoms with E-state index < -0.39 is 0 Å². The van der Waals surface area contributed by atoms with E-state index in [1.165, 1.54) is 12.1 Å². The highest BCUT2D eigenvalue weighted by molar-refractivity contribution is 5.44. The van der Waals surface area contributed by atoms with Crippen molar-refractivity contribution < 1.29 is 20.4 Å². The number of hydrogen-bond donors (Lipinski definition) is 4. The number of nitrogens with zero attached hydrogens (tertiary/aromatic N) is 2. The summed E-state index contributed by atoms with van der Waals surface area (Å²) in [6.45, 7) is 2.76. The molecule has 0 amide bonds. The molecule has 136 valence electrons. The van der Waals surface area contributed by atoms with Crippen LogP contribution in [0.2, 0.25) is 0 Å². The first-order valence-electron chi connectivity index (χ1n) is 8.25. The quantitative estimate of drug-likeness (QED) is 0.549. The molecule has 2 rings (SSSR count). The largest absolute Gasteiger partial charge is 0.504 e. The van der Waals surface area contributed by atoms with Crippen molar-refractivity contribution in [1.82, 2.24) is 9.80 Å². The zero-order chi connectivity index (χ0) is 18.4.